The molecule has 1 aromatic heterocycles. The molecule has 2 atom stereocenters. The molecule has 8 heteroatoms. The van der Waals surface area contributed by atoms with Gasteiger partial charge >= 0.3 is 0 Å². The molecule has 164 valence electrons. The first-order valence-corrected chi connectivity index (χ1v) is 10.6. The van der Waals surface area contributed by atoms with Crippen LogP contribution in [0.5, 0.6) is 0 Å². The Morgan fingerprint density at radius 2 is 1.61 bits per heavy atom. The third-order valence-electron chi connectivity index (χ3n) is 6.02. The Morgan fingerprint density at radius 1 is 0.939 bits per heavy atom. The molecule has 0 bridgehead atoms. The molecule has 5 rings (SSSR count). The summed E-state index contributed by atoms with van der Waals surface area (Å²) < 4.78 is 1.73. The van der Waals surface area contributed by atoms with E-state index in [1.165, 1.54) is 23.4 Å². The van der Waals surface area contributed by atoms with Gasteiger partial charge in [-0.1, -0.05) is 72.3 Å². The minimum atomic E-state index is -0.533. The molecule has 1 amide bonds. The monoisotopic (exact) mass is 439 g/mol. The second kappa shape index (κ2) is 8.31. The minimum absolute atomic E-state index is 0.0202. The van der Waals surface area contributed by atoms with Gasteiger partial charge in [-0.05, 0) is 30.5 Å². The Balaban J connectivity index is 1.67. The summed E-state index contributed by atoms with van der Waals surface area (Å²) in [4.78, 5) is 30.8. The second-order valence-electron chi connectivity index (χ2n) is 8.04. The molecule has 0 N–H and O–H groups in total. The molecule has 2 heterocycles. The summed E-state index contributed by atoms with van der Waals surface area (Å²) in [5.41, 5.74) is 2.93. The highest BCUT2D eigenvalue weighted by atomic mass is 16.6. The molecule has 1 aliphatic heterocycles. The van der Waals surface area contributed by atoms with Crippen LogP contribution in [0.2, 0.25) is 0 Å². The van der Waals surface area contributed by atoms with Gasteiger partial charge in [-0.3, -0.25) is 19.8 Å². The summed E-state index contributed by atoms with van der Waals surface area (Å²) in [6, 6.07) is 23.4. The summed E-state index contributed by atoms with van der Waals surface area (Å²) in [5.74, 6) is -0.114. The van der Waals surface area contributed by atoms with Gasteiger partial charge in [-0.25, -0.2) is 4.68 Å². The maximum Gasteiger partial charge on any atom is 0.282 e. The normalized spacial score (nSPS) is 17.4. The van der Waals surface area contributed by atoms with Gasteiger partial charge in [0.2, 0.25) is 5.95 Å². The van der Waals surface area contributed by atoms with Crippen molar-refractivity contribution >= 4 is 17.5 Å². The van der Waals surface area contributed by atoms with Crippen LogP contribution in [0.3, 0.4) is 0 Å². The van der Waals surface area contributed by atoms with Gasteiger partial charge < -0.3 is 0 Å². The SMILES string of the molecule is Cc1ccc([C@H]2C[C@H](c3ccccc3)N(C(=O)c3ccccc3[N+](=O)[O-])c3ncnn32)cc1. The van der Waals surface area contributed by atoms with Crippen molar-refractivity contribution in [2.75, 3.05) is 4.90 Å². The predicted octanol–water partition coefficient (Wildman–Crippen LogP) is 4.88. The van der Waals surface area contributed by atoms with Crippen molar-refractivity contribution in [3.63, 3.8) is 0 Å². The molecule has 0 spiro atoms. The van der Waals surface area contributed by atoms with Gasteiger partial charge in [0, 0.05) is 6.07 Å². The first-order valence-electron chi connectivity index (χ1n) is 10.6. The van der Waals surface area contributed by atoms with Crippen molar-refractivity contribution < 1.29 is 9.72 Å². The van der Waals surface area contributed by atoms with Crippen LogP contribution < -0.4 is 4.90 Å². The van der Waals surface area contributed by atoms with E-state index in [1.807, 2.05) is 49.4 Å². The van der Waals surface area contributed by atoms with Crippen LogP contribution in [0.15, 0.2) is 85.2 Å². The van der Waals surface area contributed by atoms with E-state index in [9.17, 15) is 14.9 Å². The number of anilines is 1. The average molecular weight is 439 g/mol. The lowest BCUT2D eigenvalue weighted by Crippen LogP contribution is -2.42. The Morgan fingerprint density at radius 3 is 2.33 bits per heavy atom. The number of benzene rings is 3. The molecule has 3 aromatic carbocycles. The number of nitro benzene ring substituents is 1. The highest BCUT2D eigenvalue weighted by Crippen LogP contribution is 2.43. The highest BCUT2D eigenvalue weighted by Gasteiger charge is 2.41. The lowest BCUT2D eigenvalue weighted by molar-refractivity contribution is -0.385. The van der Waals surface area contributed by atoms with E-state index >= 15 is 0 Å². The molecular formula is C25H21N5O3. The van der Waals surface area contributed by atoms with Crippen LogP contribution in [-0.2, 0) is 0 Å². The van der Waals surface area contributed by atoms with E-state index in [2.05, 4.69) is 22.2 Å². The van der Waals surface area contributed by atoms with Crippen LogP contribution >= 0.6 is 0 Å². The first kappa shape index (κ1) is 20.6. The van der Waals surface area contributed by atoms with Crippen LogP contribution in [0.1, 0.15) is 45.6 Å². The van der Waals surface area contributed by atoms with Gasteiger partial charge in [0.1, 0.15) is 11.9 Å². The average Bonchev–Trinajstić information content (AvgIpc) is 3.33. The first-order chi connectivity index (χ1) is 16.0. The molecule has 0 saturated carbocycles. The van der Waals surface area contributed by atoms with Crippen molar-refractivity contribution in [3.8, 4) is 0 Å². The number of fused-ring (bicyclic) bond motifs is 1. The fraction of sp³-hybridized carbons (Fsp3) is 0.160. The van der Waals surface area contributed by atoms with E-state index in [-0.39, 0.29) is 23.3 Å². The molecule has 0 fully saturated rings. The van der Waals surface area contributed by atoms with Gasteiger partial charge in [-0.2, -0.15) is 10.1 Å². The number of aryl methyl sites for hydroxylation is 1. The van der Waals surface area contributed by atoms with Gasteiger partial charge in [0.05, 0.1) is 17.0 Å². The summed E-state index contributed by atoms with van der Waals surface area (Å²) in [5, 5.41) is 16.0. The number of para-hydroxylation sites is 1. The number of carbonyl (C=O) groups excluding carboxylic acids is 1. The lowest BCUT2D eigenvalue weighted by Gasteiger charge is -2.39. The number of rotatable bonds is 4. The molecule has 1 aliphatic rings. The zero-order valence-electron chi connectivity index (χ0n) is 17.9. The van der Waals surface area contributed by atoms with Crippen molar-refractivity contribution in [1.82, 2.24) is 14.8 Å². The molecular weight excluding hydrogens is 418 g/mol. The van der Waals surface area contributed by atoms with Crippen molar-refractivity contribution in [2.24, 2.45) is 0 Å². The smallest absolute Gasteiger partial charge is 0.269 e. The molecule has 33 heavy (non-hydrogen) atoms. The fourth-order valence-corrected chi connectivity index (χ4v) is 4.39. The Labute approximate surface area is 190 Å². The third kappa shape index (κ3) is 3.65. The molecule has 4 aromatic rings. The third-order valence-corrected chi connectivity index (χ3v) is 6.02. The van der Waals surface area contributed by atoms with Crippen LogP contribution in [0, 0.1) is 17.0 Å². The number of amides is 1. The van der Waals surface area contributed by atoms with Crippen LogP contribution in [-0.4, -0.2) is 25.6 Å². The molecule has 0 unspecified atom stereocenters. The minimum Gasteiger partial charge on any atom is -0.269 e. The Bertz CT molecular complexity index is 1320. The van der Waals surface area contributed by atoms with Crippen LogP contribution in [0.4, 0.5) is 11.6 Å². The van der Waals surface area contributed by atoms with Gasteiger partial charge in [-0.15, -0.1) is 0 Å². The molecule has 0 aliphatic carbocycles. The topological polar surface area (TPSA) is 94.2 Å². The van der Waals surface area contributed by atoms with Crippen molar-refractivity contribution in [3.05, 3.63) is 118 Å². The van der Waals surface area contributed by atoms with E-state index in [0.717, 1.165) is 16.7 Å². The highest BCUT2D eigenvalue weighted by molar-refractivity contribution is 6.08. The van der Waals surface area contributed by atoms with E-state index in [0.29, 0.717) is 12.4 Å². The maximum absolute atomic E-state index is 13.8. The number of carbonyl (C=O) groups is 1. The van der Waals surface area contributed by atoms with Crippen molar-refractivity contribution in [1.29, 1.82) is 0 Å². The number of nitrogens with zero attached hydrogens (tertiary/aromatic N) is 5. The lowest BCUT2D eigenvalue weighted by atomic mass is 9.91. The van der Waals surface area contributed by atoms with Crippen molar-refractivity contribution in [2.45, 2.75) is 25.4 Å². The molecule has 8 nitrogen and oxygen atoms in total. The number of aromatic nitrogens is 3. The fourth-order valence-electron chi connectivity index (χ4n) is 4.39. The van der Waals surface area contributed by atoms with Gasteiger partial charge in [0.25, 0.3) is 11.6 Å². The van der Waals surface area contributed by atoms with E-state index in [1.54, 1.807) is 16.8 Å². The Kier molecular flexibility index (Phi) is 5.18. The zero-order chi connectivity index (χ0) is 22.9. The number of hydrogen-bond donors (Lipinski definition) is 0. The molecule has 0 saturated heterocycles. The largest absolute Gasteiger partial charge is 0.282 e. The number of nitro groups is 1. The number of hydrogen-bond acceptors (Lipinski definition) is 5. The Hall–Kier alpha value is -4.33. The summed E-state index contributed by atoms with van der Waals surface area (Å²) in [7, 11) is 0. The quantitative estimate of drug-likeness (QED) is 0.334. The maximum atomic E-state index is 13.8. The summed E-state index contributed by atoms with van der Waals surface area (Å²) in [6.07, 6.45) is 1.97. The predicted molar refractivity (Wildman–Crippen MR) is 123 cm³/mol. The zero-order valence-corrected chi connectivity index (χ0v) is 17.9. The summed E-state index contributed by atoms with van der Waals surface area (Å²) >= 11 is 0. The standard InChI is InChI=1S/C25H21N5O3/c1-17-11-13-19(14-12-17)23-15-22(18-7-3-2-4-8-18)28(25-26-16-27-29(23)25)24(31)20-9-5-6-10-21(20)30(32)33/h2-14,16,22-23H,15H2,1H3/t22-,23-/m1/s1. The van der Waals surface area contributed by atoms with Gasteiger partial charge in [0.15, 0.2) is 0 Å². The van der Waals surface area contributed by atoms with E-state index in [4.69, 9.17) is 0 Å². The second-order valence-corrected chi connectivity index (χ2v) is 8.04. The van der Waals surface area contributed by atoms with Crippen LogP contribution in [0.25, 0.3) is 0 Å². The summed E-state index contributed by atoms with van der Waals surface area (Å²) in [6.45, 7) is 2.03. The van der Waals surface area contributed by atoms with E-state index < -0.39 is 10.8 Å². The molecule has 0 radical (unpaired) electrons.